The van der Waals surface area contributed by atoms with Crippen LogP contribution in [0.25, 0.3) is 0 Å². The SMILES string of the molecule is CC1(C)C(NCc2cccnn2)[C@]2(C)CC[C@H]1C2. The molecule has 2 aliphatic rings. The van der Waals surface area contributed by atoms with Crippen molar-refractivity contribution in [2.75, 3.05) is 0 Å². The first-order chi connectivity index (χ1) is 8.52. The molecular formula is C15H23N3. The van der Waals surface area contributed by atoms with Gasteiger partial charge >= 0.3 is 0 Å². The van der Waals surface area contributed by atoms with E-state index >= 15 is 0 Å². The van der Waals surface area contributed by atoms with Gasteiger partial charge in [0.1, 0.15) is 0 Å². The Hall–Kier alpha value is -0.960. The van der Waals surface area contributed by atoms with Gasteiger partial charge in [0.2, 0.25) is 0 Å². The molecule has 2 aliphatic carbocycles. The second-order valence-corrected chi connectivity index (χ2v) is 6.94. The van der Waals surface area contributed by atoms with Gasteiger partial charge in [0.25, 0.3) is 0 Å². The highest BCUT2D eigenvalue weighted by atomic mass is 15.1. The molecule has 3 heteroatoms. The number of nitrogens with zero attached hydrogens (tertiary/aromatic N) is 2. The third kappa shape index (κ3) is 1.76. The standard InChI is InChI=1S/C15H23N3/c1-14(2)11-6-7-15(3,9-11)13(14)16-10-12-5-4-8-17-18-12/h4-5,8,11,13,16H,6-7,9-10H2,1-3H3/t11-,13?,15+/m0/s1. The maximum Gasteiger partial charge on any atom is 0.0769 e. The molecule has 1 unspecified atom stereocenters. The van der Waals surface area contributed by atoms with E-state index in [1.165, 1.54) is 19.3 Å². The molecule has 2 saturated carbocycles. The molecule has 0 aliphatic heterocycles. The Morgan fingerprint density at radius 3 is 2.83 bits per heavy atom. The zero-order valence-corrected chi connectivity index (χ0v) is 11.6. The van der Waals surface area contributed by atoms with E-state index in [1.807, 2.05) is 12.1 Å². The van der Waals surface area contributed by atoms with Crippen molar-refractivity contribution in [3.05, 3.63) is 24.0 Å². The lowest BCUT2D eigenvalue weighted by Gasteiger charge is -2.43. The normalized spacial score (nSPS) is 37.1. The molecule has 2 bridgehead atoms. The van der Waals surface area contributed by atoms with E-state index in [0.29, 0.717) is 16.9 Å². The Kier molecular flexibility index (Phi) is 2.70. The fourth-order valence-corrected chi connectivity index (χ4v) is 4.45. The average Bonchev–Trinajstić information content (AvgIpc) is 2.81. The van der Waals surface area contributed by atoms with Crippen LogP contribution < -0.4 is 5.32 Å². The van der Waals surface area contributed by atoms with Crippen molar-refractivity contribution < 1.29 is 0 Å². The van der Waals surface area contributed by atoms with Crippen LogP contribution in [0.15, 0.2) is 18.3 Å². The molecule has 0 spiro atoms. The van der Waals surface area contributed by atoms with Gasteiger partial charge < -0.3 is 5.32 Å². The van der Waals surface area contributed by atoms with Crippen LogP contribution in [0, 0.1) is 16.7 Å². The van der Waals surface area contributed by atoms with Crippen LogP contribution in [0.2, 0.25) is 0 Å². The summed E-state index contributed by atoms with van der Waals surface area (Å²) in [6, 6.07) is 4.60. The molecule has 1 heterocycles. The van der Waals surface area contributed by atoms with E-state index in [2.05, 4.69) is 36.3 Å². The maximum absolute atomic E-state index is 4.16. The Labute approximate surface area is 109 Å². The Morgan fingerprint density at radius 2 is 2.22 bits per heavy atom. The molecule has 3 nitrogen and oxygen atoms in total. The zero-order chi connectivity index (χ0) is 12.8. The number of rotatable bonds is 3. The lowest BCUT2D eigenvalue weighted by Crippen LogP contribution is -2.50. The van der Waals surface area contributed by atoms with Crippen molar-refractivity contribution in [2.45, 2.75) is 52.6 Å². The van der Waals surface area contributed by atoms with Gasteiger partial charge in [0, 0.05) is 18.8 Å². The van der Waals surface area contributed by atoms with E-state index in [4.69, 9.17) is 0 Å². The molecule has 0 amide bonds. The Balaban J connectivity index is 1.73. The summed E-state index contributed by atoms with van der Waals surface area (Å²) in [6.07, 6.45) is 5.90. The van der Waals surface area contributed by atoms with Gasteiger partial charge in [-0.2, -0.15) is 10.2 Å². The summed E-state index contributed by atoms with van der Waals surface area (Å²) in [4.78, 5) is 0. The third-order valence-corrected chi connectivity index (χ3v) is 5.38. The van der Waals surface area contributed by atoms with Crippen molar-refractivity contribution in [3.63, 3.8) is 0 Å². The quantitative estimate of drug-likeness (QED) is 0.890. The number of fused-ring (bicyclic) bond motifs is 2. The summed E-state index contributed by atoms with van der Waals surface area (Å²) >= 11 is 0. The molecule has 2 fully saturated rings. The summed E-state index contributed by atoms with van der Waals surface area (Å²) in [7, 11) is 0. The van der Waals surface area contributed by atoms with E-state index in [9.17, 15) is 0 Å². The van der Waals surface area contributed by atoms with Crippen molar-refractivity contribution in [2.24, 2.45) is 16.7 Å². The first-order valence-corrected chi connectivity index (χ1v) is 7.02. The van der Waals surface area contributed by atoms with Crippen LogP contribution in [-0.4, -0.2) is 16.2 Å². The zero-order valence-electron chi connectivity index (χ0n) is 11.6. The van der Waals surface area contributed by atoms with Crippen LogP contribution in [0.5, 0.6) is 0 Å². The summed E-state index contributed by atoms with van der Waals surface area (Å²) < 4.78 is 0. The van der Waals surface area contributed by atoms with Gasteiger partial charge in [-0.15, -0.1) is 0 Å². The van der Waals surface area contributed by atoms with Gasteiger partial charge in [-0.25, -0.2) is 0 Å². The second-order valence-electron chi connectivity index (χ2n) is 6.94. The molecular weight excluding hydrogens is 222 g/mol. The lowest BCUT2D eigenvalue weighted by molar-refractivity contribution is 0.107. The van der Waals surface area contributed by atoms with Gasteiger partial charge in [0.15, 0.2) is 0 Å². The molecule has 0 radical (unpaired) electrons. The average molecular weight is 245 g/mol. The summed E-state index contributed by atoms with van der Waals surface area (Å²) in [6.45, 7) is 8.15. The van der Waals surface area contributed by atoms with E-state index in [1.54, 1.807) is 6.20 Å². The highest BCUT2D eigenvalue weighted by molar-refractivity contribution is 5.12. The molecule has 0 saturated heterocycles. The lowest BCUT2D eigenvalue weighted by atomic mass is 9.68. The van der Waals surface area contributed by atoms with Crippen LogP contribution in [-0.2, 0) is 6.54 Å². The minimum Gasteiger partial charge on any atom is -0.307 e. The fourth-order valence-electron chi connectivity index (χ4n) is 4.45. The third-order valence-electron chi connectivity index (χ3n) is 5.38. The Morgan fingerprint density at radius 1 is 1.39 bits per heavy atom. The van der Waals surface area contributed by atoms with Crippen molar-refractivity contribution in [3.8, 4) is 0 Å². The largest absolute Gasteiger partial charge is 0.307 e. The van der Waals surface area contributed by atoms with Crippen molar-refractivity contribution in [1.29, 1.82) is 0 Å². The summed E-state index contributed by atoms with van der Waals surface area (Å²) in [5, 5.41) is 11.9. The summed E-state index contributed by atoms with van der Waals surface area (Å²) in [5.74, 6) is 0.891. The molecule has 0 aromatic carbocycles. The van der Waals surface area contributed by atoms with Gasteiger partial charge in [-0.05, 0) is 48.1 Å². The van der Waals surface area contributed by atoms with Crippen molar-refractivity contribution in [1.82, 2.24) is 15.5 Å². The highest BCUT2D eigenvalue weighted by Crippen LogP contribution is 2.62. The first-order valence-electron chi connectivity index (χ1n) is 7.02. The van der Waals surface area contributed by atoms with Crippen LogP contribution in [0.3, 0.4) is 0 Å². The molecule has 3 atom stereocenters. The number of nitrogens with one attached hydrogen (secondary N) is 1. The van der Waals surface area contributed by atoms with Crippen LogP contribution in [0.4, 0.5) is 0 Å². The smallest absolute Gasteiger partial charge is 0.0769 e. The molecule has 3 rings (SSSR count). The maximum atomic E-state index is 4.16. The predicted octanol–water partition coefficient (Wildman–Crippen LogP) is 2.78. The number of hydrogen-bond acceptors (Lipinski definition) is 3. The monoisotopic (exact) mass is 245 g/mol. The second kappa shape index (κ2) is 4.02. The minimum absolute atomic E-state index is 0.412. The molecule has 1 aromatic heterocycles. The van der Waals surface area contributed by atoms with E-state index in [0.717, 1.165) is 18.2 Å². The fraction of sp³-hybridized carbons (Fsp3) is 0.733. The molecule has 18 heavy (non-hydrogen) atoms. The van der Waals surface area contributed by atoms with Gasteiger partial charge in [-0.3, -0.25) is 0 Å². The van der Waals surface area contributed by atoms with Gasteiger partial charge in [-0.1, -0.05) is 20.8 Å². The highest BCUT2D eigenvalue weighted by Gasteiger charge is 2.58. The van der Waals surface area contributed by atoms with E-state index in [-0.39, 0.29) is 0 Å². The summed E-state index contributed by atoms with van der Waals surface area (Å²) in [5.41, 5.74) is 1.94. The van der Waals surface area contributed by atoms with Crippen molar-refractivity contribution >= 4 is 0 Å². The topological polar surface area (TPSA) is 37.8 Å². The molecule has 98 valence electrons. The van der Waals surface area contributed by atoms with E-state index < -0.39 is 0 Å². The van der Waals surface area contributed by atoms with Crippen LogP contribution in [0.1, 0.15) is 45.7 Å². The minimum atomic E-state index is 0.412. The van der Waals surface area contributed by atoms with Crippen LogP contribution >= 0.6 is 0 Å². The Bertz CT molecular complexity index is 424. The number of aromatic nitrogens is 2. The molecule has 1 aromatic rings. The number of hydrogen-bond donors (Lipinski definition) is 1. The predicted molar refractivity (Wildman–Crippen MR) is 71.9 cm³/mol. The molecule has 1 N–H and O–H groups in total. The van der Waals surface area contributed by atoms with Gasteiger partial charge in [0.05, 0.1) is 5.69 Å². The first kappa shape index (κ1) is 12.1.